The Kier molecular flexibility index (Phi) is 6.62. The van der Waals surface area contributed by atoms with Crippen molar-refractivity contribution in [3.63, 3.8) is 0 Å². The number of amides is 2. The molecule has 1 aliphatic rings. The van der Waals surface area contributed by atoms with Gasteiger partial charge in [0.15, 0.2) is 10.1 Å². The van der Waals surface area contributed by atoms with Crippen LogP contribution in [0.4, 0.5) is 0 Å². The van der Waals surface area contributed by atoms with Crippen molar-refractivity contribution in [2.45, 2.75) is 49.7 Å². The van der Waals surface area contributed by atoms with E-state index in [1.165, 1.54) is 0 Å². The molecule has 31 heavy (non-hydrogen) atoms. The number of benzene rings is 1. The Hall–Kier alpha value is -2.39. The molecule has 164 valence electrons. The highest BCUT2D eigenvalue weighted by Gasteiger charge is 2.30. The number of aromatic nitrogens is 2. The third-order valence-corrected chi connectivity index (χ3v) is 7.32. The molecule has 1 atom stereocenters. The van der Waals surface area contributed by atoms with Crippen molar-refractivity contribution in [3.8, 4) is 0 Å². The zero-order valence-electron chi connectivity index (χ0n) is 17.9. The van der Waals surface area contributed by atoms with Crippen LogP contribution in [-0.4, -0.2) is 46.0 Å². The molecule has 1 saturated heterocycles. The van der Waals surface area contributed by atoms with Crippen LogP contribution < -0.4 is 5.32 Å². The lowest BCUT2D eigenvalue weighted by Crippen LogP contribution is -2.50. The lowest BCUT2D eigenvalue weighted by molar-refractivity contribution is -0.125. The molecule has 7 nitrogen and oxygen atoms in total. The normalized spacial score (nSPS) is 16.8. The number of hydrogen-bond donors (Lipinski definition) is 1. The van der Waals surface area contributed by atoms with Crippen molar-refractivity contribution in [3.05, 3.63) is 40.6 Å². The van der Waals surface area contributed by atoms with Crippen LogP contribution in [0.2, 0.25) is 0 Å². The molecular formula is C22H26N4O3S2. The molecule has 4 rings (SSSR count). The van der Waals surface area contributed by atoms with Crippen molar-refractivity contribution < 1.29 is 14.0 Å². The maximum atomic E-state index is 13.5. The Bertz CT molecular complexity index is 1090. The summed E-state index contributed by atoms with van der Waals surface area (Å²) in [6, 6.07) is 7.70. The van der Waals surface area contributed by atoms with E-state index in [0.29, 0.717) is 30.2 Å². The summed E-state index contributed by atoms with van der Waals surface area (Å²) in [6.07, 6.45) is 1.73. The van der Waals surface area contributed by atoms with Gasteiger partial charge in [0.05, 0.1) is 0 Å². The molecule has 0 saturated carbocycles. The second-order valence-corrected chi connectivity index (χ2v) is 10.4. The highest BCUT2D eigenvalue weighted by molar-refractivity contribution is 8.00. The molecule has 2 aromatic heterocycles. The van der Waals surface area contributed by atoms with E-state index in [9.17, 15) is 9.59 Å². The van der Waals surface area contributed by atoms with Crippen LogP contribution in [0.5, 0.6) is 0 Å². The van der Waals surface area contributed by atoms with Crippen molar-refractivity contribution in [2.75, 3.05) is 13.1 Å². The molecule has 1 aromatic carbocycles. The van der Waals surface area contributed by atoms with Crippen LogP contribution in [0, 0.1) is 12.8 Å². The predicted molar refractivity (Wildman–Crippen MR) is 122 cm³/mol. The second-order valence-electron chi connectivity index (χ2n) is 8.04. The van der Waals surface area contributed by atoms with Gasteiger partial charge in [0, 0.05) is 41.8 Å². The molecule has 1 aliphatic heterocycles. The van der Waals surface area contributed by atoms with Crippen LogP contribution >= 0.6 is 23.1 Å². The van der Waals surface area contributed by atoms with Crippen LogP contribution in [0.3, 0.4) is 0 Å². The third kappa shape index (κ3) is 4.93. The lowest BCUT2D eigenvalue weighted by atomic mass is 10.0. The van der Waals surface area contributed by atoms with E-state index in [0.717, 1.165) is 33.1 Å². The van der Waals surface area contributed by atoms with Gasteiger partial charge in [-0.3, -0.25) is 9.59 Å². The SMILES string of the molecule is Cc1nnc(SCc2c(C(=O)N3CCCC(NC(=O)C(C)C)C3)oc3ccccc23)s1. The van der Waals surface area contributed by atoms with E-state index in [4.69, 9.17) is 4.42 Å². The Morgan fingerprint density at radius 3 is 2.87 bits per heavy atom. The topological polar surface area (TPSA) is 88.3 Å². The molecule has 1 unspecified atom stereocenters. The number of piperidine rings is 1. The number of nitrogens with zero attached hydrogens (tertiary/aromatic N) is 3. The molecule has 2 amide bonds. The molecular weight excluding hydrogens is 432 g/mol. The molecule has 0 radical (unpaired) electrons. The summed E-state index contributed by atoms with van der Waals surface area (Å²) in [5.74, 6) is 0.782. The van der Waals surface area contributed by atoms with Gasteiger partial charge in [-0.05, 0) is 25.8 Å². The molecule has 1 N–H and O–H groups in total. The number of nitrogens with one attached hydrogen (secondary N) is 1. The van der Waals surface area contributed by atoms with Gasteiger partial charge in [0.1, 0.15) is 10.6 Å². The number of para-hydroxylation sites is 1. The maximum Gasteiger partial charge on any atom is 0.290 e. The predicted octanol–water partition coefficient (Wildman–Crippen LogP) is 4.26. The van der Waals surface area contributed by atoms with E-state index >= 15 is 0 Å². The Morgan fingerprint density at radius 1 is 1.32 bits per heavy atom. The van der Waals surface area contributed by atoms with Gasteiger partial charge in [-0.2, -0.15) is 0 Å². The molecule has 0 aliphatic carbocycles. The van der Waals surface area contributed by atoms with Gasteiger partial charge in [0.25, 0.3) is 5.91 Å². The van der Waals surface area contributed by atoms with E-state index in [2.05, 4.69) is 15.5 Å². The molecule has 1 fully saturated rings. The monoisotopic (exact) mass is 458 g/mol. The average molecular weight is 459 g/mol. The Balaban J connectivity index is 1.56. The van der Waals surface area contributed by atoms with Gasteiger partial charge in [-0.1, -0.05) is 55.1 Å². The second kappa shape index (κ2) is 9.40. The Labute approximate surface area is 189 Å². The highest BCUT2D eigenvalue weighted by atomic mass is 32.2. The van der Waals surface area contributed by atoms with E-state index < -0.39 is 0 Å². The first-order valence-corrected chi connectivity index (χ1v) is 12.3. The van der Waals surface area contributed by atoms with Gasteiger partial charge >= 0.3 is 0 Å². The summed E-state index contributed by atoms with van der Waals surface area (Å²) in [5.41, 5.74) is 1.59. The van der Waals surface area contributed by atoms with Gasteiger partial charge in [0.2, 0.25) is 5.91 Å². The van der Waals surface area contributed by atoms with Crippen LogP contribution in [-0.2, 0) is 10.5 Å². The standard InChI is InChI=1S/C22H26N4O3S2/c1-13(2)20(27)23-15-7-6-10-26(11-15)21(28)19-17(12-30-22-25-24-14(3)31-22)16-8-4-5-9-18(16)29-19/h4-5,8-9,13,15H,6-7,10-12H2,1-3H3,(H,23,27). The van der Waals surface area contributed by atoms with E-state index in [-0.39, 0.29) is 23.8 Å². The van der Waals surface area contributed by atoms with Crippen molar-refractivity contribution in [1.82, 2.24) is 20.4 Å². The molecule has 9 heteroatoms. The number of fused-ring (bicyclic) bond motifs is 1. The van der Waals surface area contributed by atoms with Crippen LogP contribution in [0.15, 0.2) is 33.0 Å². The quantitative estimate of drug-likeness (QED) is 0.555. The zero-order valence-corrected chi connectivity index (χ0v) is 19.5. The minimum Gasteiger partial charge on any atom is -0.451 e. The highest BCUT2D eigenvalue weighted by Crippen LogP contribution is 2.34. The number of furan rings is 1. The number of carbonyl (C=O) groups is 2. The van der Waals surface area contributed by atoms with Gasteiger partial charge in [-0.25, -0.2) is 0 Å². The first-order valence-electron chi connectivity index (χ1n) is 10.5. The fraction of sp³-hybridized carbons (Fsp3) is 0.455. The van der Waals surface area contributed by atoms with Crippen molar-refractivity contribution >= 4 is 45.9 Å². The zero-order chi connectivity index (χ0) is 22.0. The fourth-order valence-electron chi connectivity index (χ4n) is 3.68. The summed E-state index contributed by atoms with van der Waals surface area (Å²) in [7, 11) is 0. The largest absolute Gasteiger partial charge is 0.451 e. The first kappa shape index (κ1) is 21.8. The number of likely N-dealkylation sites (tertiary alicyclic amines) is 1. The fourth-order valence-corrected chi connectivity index (χ4v) is 5.52. The Morgan fingerprint density at radius 2 is 2.13 bits per heavy atom. The van der Waals surface area contributed by atoms with Crippen molar-refractivity contribution in [2.24, 2.45) is 5.92 Å². The van der Waals surface area contributed by atoms with E-state index in [1.54, 1.807) is 28.0 Å². The van der Waals surface area contributed by atoms with Crippen LogP contribution in [0.25, 0.3) is 11.0 Å². The smallest absolute Gasteiger partial charge is 0.290 e. The summed E-state index contributed by atoms with van der Waals surface area (Å²) in [4.78, 5) is 27.4. The lowest BCUT2D eigenvalue weighted by Gasteiger charge is -2.33. The maximum absolute atomic E-state index is 13.5. The average Bonchev–Trinajstić information content (AvgIpc) is 3.34. The molecule has 3 heterocycles. The van der Waals surface area contributed by atoms with Crippen LogP contribution in [0.1, 0.15) is 47.8 Å². The molecule has 0 spiro atoms. The number of carbonyl (C=O) groups excluding carboxylic acids is 2. The first-order chi connectivity index (χ1) is 14.9. The summed E-state index contributed by atoms with van der Waals surface area (Å²) >= 11 is 3.10. The molecule has 0 bridgehead atoms. The minimum absolute atomic E-state index is 0.0208. The number of hydrogen-bond acceptors (Lipinski definition) is 7. The minimum atomic E-state index is -0.122. The van der Waals surface area contributed by atoms with Gasteiger partial charge < -0.3 is 14.6 Å². The summed E-state index contributed by atoms with van der Waals surface area (Å²) in [5, 5.41) is 13.2. The van der Waals surface area contributed by atoms with E-state index in [1.807, 2.05) is 45.0 Å². The third-order valence-electron chi connectivity index (χ3n) is 5.32. The summed E-state index contributed by atoms with van der Waals surface area (Å²) in [6.45, 7) is 6.83. The number of aryl methyl sites for hydroxylation is 1. The number of rotatable bonds is 6. The molecule has 3 aromatic rings. The number of thioether (sulfide) groups is 1. The van der Waals surface area contributed by atoms with Gasteiger partial charge in [-0.15, -0.1) is 10.2 Å². The summed E-state index contributed by atoms with van der Waals surface area (Å²) < 4.78 is 6.91. The van der Waals surface area contributed by atoms with Crippen molar-refractivity contribution in [1.29, 1.82) is 0 Å².